The molecule has 4 aliphatic rings. The van der Waals surface area contributed by atoms with Crippen molar-refractivity contribution in [3.05, 3.63) is 70.3 Å². The molecule has 0 atom stereocenters. The summed E-state index contributed by atoms with van der Waals surface area (Å²) >= 11 is 0. The van der Waals surface area contributed by atoms with Crippen molar-refractivity contribution in [1.29, 1.82) is 0 Å². The second-order valence-corrected chi connectivity index (χ2v) is 14.7. The Morgan fingerprint density at radius 3 is 2.33 bits per heavy atom. The molecule has 1 aromatic rings. The summed E-state index contributed by atoms with van der Waals surface area (Å²) in [6.07, 6.45) is 14.1. The Labute approximate surface area is 255 Å². The van der Waals surface area contributed by atoms with Crippen LogP contribution in [-0.2, 0) is 25.8 Å². The van der Waals surface area contributed by atoms with E-state index in [4.69, 9.17) is 4.74 Å². The standard InChI is InChI=1S/C33H45N3O6S/c1-42-23-22-35-20-16-33(17-21-35,32(38)34-39)43(40,41)30-7-3-6-29(12-13-30)36-18-14-28(15-19-36)31(37)27-10-8-26(9-11-27)24-25-4-2-5-25/h3,6,8-13,25,28,39H,2,4-5,7,14-24H2,1H3,(H,34,38). The second kappa shape index (κ2) is 13.9. The van der Waals surface area contributed by atoms with Gasteiger partial charge in [0.15, 0.2) is 20.4 Å². The zero-order valence-electron chi connectivity index (χ0n) is 25.2. The third-order valence-electron chi connectivity index (χ3n) is 9.92. The molecule has 0 spiro atoms. The van der Waals surface area contributed by atoms with E-state index < -0.39 is 20.5 Å². The molecule has 2 saturated heterocycles. The number of hydrogen-bond acceptors (Lipinski definition) is 8. The molecule has 43 heavy (non-hydrogen) atoms. The molecule has 234 valence electrons. The van der Waals surface area contributed by atoms with Crippen LogP contribution in [0.1, 0.15) is 67.3 Å². The van der Waals surface area contributed by atoms with Gasteiger partial charge in [0.05, 0.1) is 6.61 Å². The van der Waals surface area contributed by atoms with Crippen LogP contribution in [0.5, 0.6) is 0 Å². The molecule has 3 fully saturated rings. The van der Waals surface area contributed by atoms with E-state index in [2.05, 4.69) is 21.9 Å². The third-order valence-corrected chi connectivity index (χ3v) is 12.5. The molecule has 0 bridgehead atoms. The largest absolute Gasteiger partial charge is 0.383 e. The Kier molecular flexibility index (Phi) is 10.2. The Hall–Kier alpha value is -2.79. The number of amides is 1. The maximum Gasteiger partial charge on any atom is 0.265 e. The summed E-state index contributed by atoms with van der Waals surface area (Å²) in [5, 5.41) is 9.50. The molecule has 1 aromatic carbocycles. The van der Waals surface area contributed by atoms with Gasteiger partial charge in [-0.3, -0.25) is 14.8 Å². The van der Waals surface area contributed by atoms with Crippen molar-refractivity contribution in [3.63, 3.8) is 0 Å². The lowest BCUT2D eigenvalue weighted by atomic mass is 9.80. The van der Waals surface area contributed by atoms with Gasteiger partial charge in [0, 0.05) is 68.3 Å². The Bertz CT molecular complexity index is 1350. The number of likely N-dealkylation sites (tertiary alicyclic amines) is 2. The van der Waals surface area contributed by atoms with E-state index in [1.807, 2.05) is 24.3 Å². The van der Waals surface area contributed by atoms with Gasteiger partial charge in [0.1, 0.15) is 0 Å². The number of hydroxylamine groups is 1. The lowest BCUT2D eigenvalue weighted by Crippen LogP contribution is -2.58. The first-order valence-corrected chi connectivity index (χ1v) is 17.1. The van der Waals surface area contributed by atoms with Gasteiger partial charge in [-0.05, 0) is 61.8 Å². The average molecular weight is 612 g/mol. The minimum absolute atomic E-state index is 0.0258. The molecule has 0 unspecified atom stereocenters. The van der Waals surface area contributed by atoms with Crippen molar-refractivity contribution in [3.8, 4) is 0 Å². The number of sulfone groups is 1. The van der Waals surface area contributed by atoms with Crippen LogP contribution in [0.15, 0.2) is 59.2 Å². The molecule has 0 radical (unpaired) electrons. The van der Waals surface area contributed by atoms with Crippen LogP contribution in [0.25, 0.3) is 0 Å². The number of benzene rings is 1. The summed E-state index contributed by atoms with van der Waals surface area (Å²) in [5.41, 5.74) is 4.63. The summed E-state index contributed by atoms with van der Waals surface area (Å²) in [5.74, 6) is 0.100. The van der Waals surface area contributed by atoms with E-state index in [1.165, 1.54) is 24.8 Å². The van der Waals surface area contributed by atoms with Gasteiger partial charge in [-0.2, -0.15) is 0 Å². The molecule has 9 nitrogen and oxygen atoms in total. The first-order chi connectivity index (χ1) is 20.8. The van der Waals surface area contributed by atoms with E-state index in [0.717, 1.165) is 36.4 Å². The highest BCUT2D eigenvalue weighted by Gasteiger charge is 2.53. The molecule has 2 N–H and O–H groups in total. The molecule has 1 amide bonds. The fourth-order valence-corrected chi connectivity index (χ4v) is 8.88. The molecule has 2 aliphatic heterocycles. The van der Waals surface area contributed by atoms with E-state index in [9.17, 15) is 23.2 Å². The summed E-state index contributed by atoms with van der Waals surface area (Å²) < 4.78 is 31.3. The minimum atomic E-state index is -4.07. The van der Waals surface area contributed by atoms with Crippen LogP contribution in [-0.4, -0.2) is 86.3 Å². The number of ketones is 1. The van der Waals surface area contributed by atoms with Gasteiger partial charge in [-0.15, -0.1) is 0 Å². The molecular weight excluding hydrogens is 566 g/mol. The lowest BCUT2D eigenvalue weighted by Gasteiger charge is -2.39. The fraction of sp³-hybridized carbons (Fsp3) is 0.576. The van der Waals surface area contributed by atoms with Gasteiger partial charge in [-0.25, -0.2) is 13.9 Å². The van der Waals surface area contributed by atoms with Gasteiger partial charge >= 0.3 is 0 Å². The fourth-order valence-electron chi connectivity index (χ4n) is 6.81. The van der Waals surface area contributed by atoms with Gasteiger partial charge < -0.3 is 14.5 Å². The van der Waals surface area contributed by atoms with Crippen molar-refractivity contribution in [2.75, 3.05) is 46.4 Å². The molecule has 2 aliphatic carbocycles. The maximum absolute atomic E-state index is 14.0. The van der Waals surface area contributed by atoms with Crippen molar-refractivity contribution in [2.45, 2.75) is 62.5 Å². The van der Waals surface area contributed by atoms with Gasteiger partial charge in [-0.1, -0.05) is 49.6 Å². The number of allylic oxidation sites excluding steroid dienone is 5. The lowest BCUT2D eigenvalue weighted by molar-refractivity contribution is -0.133. The van der Waals surface area contributed by atoms with Crippen LogP contribution in [0, 0.1) is 11.8 Å². The van der Waals surface area contributed by atoms with E-state index in [0.29, 0.717) is 39.3 Å². The Balaban J connectivity index is 1.22. The normalized spacial score (nSPS) is 21.9. The highest BCUT2D eigenvalue weighted by molar-refractivity contribution is 7.97. The number of nitrogens with zero attached hydrogens (tertiary/aromatic N) is 2. The topological polar surface area (TPSA) is 116 Å². The van der Waals surface area contributed by atoms with Gasteiger partial charge in [0.2, 0.25) is 0 Å². The average Bonchev–Trinajstić information content (AvgIpc) is 3.29. The predicted molar refractivity (Wildman–Crippen MR) is 165 cm³/mol. The van der Waals surface area contributed by atoms with Crippen molar-refractivity contribution >= 4 is 21.5 Å². The Morgan fingerprint density at radius 1 is 1.02 bits per heavy atom. The maximum atomic E-state index is 14.0. The van der Waals surface area contributed by atoms with Crippen molar-refractivity contribution in [1.82, 2.24) is 15.3 Å². The monoisotopic (exact) mass is 611 g/mol. The van der Waals surface area contributed by atoms with Crippen molar-refractivity contribution < 1.29 is 28.0 Å². The van der Waals surface area contributed by atoms with Crippen LogP contribution < -0.4 is 5.48 Å². The number of Topliss-reactive ketones (excluding diaryl/α,β-unsaturated/α-hetero) is 1. The SMILES string of the molecule is COCCN1CCC(C(=O)NO)(S(=O)(=O)C2=CC=C(N3CCC(C(=O)c4ccc(CC5CCC5)cc4)CC3)C=CC2)CC1. The molecule has 10 heteroatoms. The highest BCUT2D eigenvalue weighted by atomic mass is 32.2. The van der Waals surface area contributed by atoms with Crippen LogP contribution in [0.2, 0.25) is 0 Å². The molecule has 0 aromatic heterocycles. The first kappa shape index (κ1) is 31.6. The quantitative estimate of drug-likeness (QED) is 0.219. The van der Waals surface area contributed by atoms with Crippen LogP contribution in [0.3, 0.4) is 0 Å². The number of methoxy groups -OCH3 is 1. The summed E-state index contributed by atoms with van der Waals surface area (Å²) in [6, 6.07) is 8.19. The predicted octanol–water partition coefficient (Wildman–Crippen LogP) is 4.05. The number of piperidine rings is 2. The van der Waals surface area contributed by atoms with Gasteiger partial charge in [0.25, 0.3) is 5.91 Å². The number of rotatable bonds is 11. The number of carbonyl (C=O) groups is 2. The zero-order valence-corrected chi connectivity index (χ0v) is 26.0. The third kappa shape index (κ3) is 6.82. The number of nitrogens with one attached hydrogen (secondary N) is 1. The molecular formula is C33H45N3O6S. The highest BCUT2D eigenvalue weighted by Crippen LogP contribution is 2.38. The first-order valence-electron chi connectivity index (χ1n) is 15.6. The van der Waals surface area contributed by atoms with E-state index >= 15 is 0 Å². The van der Waals surface area contributed by atoms with Crippen molar-refractivity contribution in [2.24, 2.45) is 11.8 Å². The van der Waals surface area contributed by atoms with Crippen LogP contribution in [0.4, 0.5) is 0 Å². The van der Waals surface area contributed by atoms with E-state index in [-0.39, 0.29) is 35.9 Å². The summed E-state index contributed by atoms with van der Waals surface area (Å²) in [6.45, 7) is 3.41. The van der Waals surface area contributed by atoms with E-state index in [1.54, 1.807) is 24.7 Å². The van der Waals surface area contributed by atoms with Crippen LogP contribution >= 0.6 is 0 Å². The summed E-state index contributed by atoms with van der Waals surface area (Å²) in [4.78, 5) is 30.5. The number of ether oxygens (including phenoxy) is 1. The Morgan fingerprint density at radius 2 is 1.72 bits per heavy atom. The zero-order chi connectivity index (χ0) is 30.5. The minimum Gasteiger partial charge on any atom is -0.383 e. The summed E-state index contributed by atoms with van der Waals surface area (Å²) in [7, 11) is -2.45. The molecule has 5 rings (SSSR count). The molecule has 1 saturated carbocycles. The second-order valence-electron chi connectivity index (χ2n) is 12.4. The molecule has 2 heterocycles. The number of carbonyl (C=O) groups excluding carboxylic acids is 2. The number of hydrogen-bond donors (Lipinski definition) is 2. The smallest absolute Gasteiger partial charge is 0.265 e.